The van der Waals surface area contributed by atoms with Gasteiger partial charge in [-0.05, 0) is 73.8 Å². The van der Waals surface area contributed by atoms with Crippen molar-refractivity contribution >= 4 is 28.3 Å². The van der Waals surface area contributed by atoms with E-state index in [1.54, 1.807) is 18.3 Å². The van der Waals surface area contributed by atoms with Crippen molar-refractivity contribution in [3.8, 4) is 0 Å². The summed E-state index contributed by atoms with van der Waals surface area (Å²) in [5.41, 5.74) is 2.50. The quantitative estimate of drug-likeness (QED) is 0.745. The molecule has 1 N–H and O–H groups in total. The van der Waals surface area contributed by atoms with Crippen LogP contribution in [0.1, 0.15) is 74.0 Å². The summed E-state index contributed by atoms with van der Waals surface area (Å²) in [6.07, 6.45) is 9.00. The Morgan fingerprint density at radius 2 is 1.78 bits per heavy atom. The monoisotopic (exact) mass is 450 g/mol. The fourth-order valence-corrected chi connectivity index (χ4v) is 8.43. The molecule has 1 atom stereocenters. The highest BCUT2D eigenvalue weighted by molar-refractivity contribution is 7.15. The zero-order chi connectivity index (χ0) is 21.9. The fourth-order valence-electron chi connectivity index (χ4n) is 7.46. The van der Waals surface area contributed by atoms with Gasteiger partial charge in [-0.3, -0.25) is 9.59 Å². The van der Waals surface area contributed by atoms with E-state index >= 15 is 0 Å². The van der Waals surface area contributed by atoms with Crippen LogP contribution in [0.3, 0.4) is 0 Å². The maximum absolute atomic E-state index is 13.0. The van der Waals surface area contributed by atoms with E-state index in [0.29, 0.717) is 11.7 Å². The lowest BCUT2D eigenvalue weighted by Gasteiger charge is -2.55. The number of nitrogens with one attached hydrogen (secondary N) is 1. The topological polar surface area (TPSA) is 75.2 Å². The van der Waals surface area contributed by atoms with E-state index in [1.165, 1.54) is 44.1 Å². The van der Waals surface area contributed by atoms with Crippen molar-refractivity contribution in [1.82, 2.24) is 15.1 Å². The lowest BCUT2D eigenvalue weighted by Crippen LogP contribution is -2.48. The number of aromatic nitrogens is 2. The first kappa shape index (κ1) is 20.3. The Balaban J connectivity index is 1.18. The molecule has 4 bridgehead atoms. The van der Waals surface area contributed by atoms with Crippen LogP contribution in [0.5, 0.6) is 0 Å². The molecule has 5 aliphatic rings. The zero-order valence-electron chi connectivity index (χ0n) is 18.5. The second-order valence-electron chi connectivity index (χ2n) is 10.5. The maximum Gasteiger partial charge on any atom is 0.228 e. The number of amides is 2. The Morgan fingerprint density at radius 3 is 2.47 bits per heavy atom. The van der Waals surface area contributed by atoms with Crippen LogP contribution in [0.25, 0.3) is 0 Å². The lowest BCUT2D eigenvalue weighted by molar-refractivity contribution is -0.132. The molecule has 1 aromatic carbocycles. The molecule has 2 heterocycles. The van der Waals surface area contributed by atoms with Gasteiger partial charge in [0.25, 0.3) is 0 Å². The summed E-state index contributed by atoms with van der Waals surface area (Å²) in [7, 11) is 0. The van der Waals surface area contributed by atoms with Gasteiger partial charge >= 0.3 is 0 Å². The molecule has 1 unspecified atom stereocenters. The fraction of sp³-hybridized carbons (Fsp3) is 0.600. The van der Waals surface area contributed by atoms with Gasteiger partial charge in [0.2, 0.25) is 16.9 Å². The molecule has 168 valence electrons. The van der Waals surface area contributed by atoms with Crippen molar-refractivity contribution in [1.29, 1.82) is 0 Å². The van der Waals surface area contributed by atoms with Crippen molar-refractivity contribution < 1.29 is 9.59 Å². The summed E-state index contributed by atoms with van der Waals surface area (Å²) < 4.78 is 0. The largest absolute Gasteiger partial charge is 0.335 e. The predicted octanol–water partition coefficient (Wildman–Crippen LogP) is 4.48. The summed E-state index contributed by atoms with van der Waals surface area (Å²) in [4.78, 5) is 27.1. The first-order chi connectivity index (χ1) is 15.5. The number of nitrogens with zero attached hydrogens (tertiary/aromatic N) is 3. The molecule has 1 aromatic heterocycles. The minimum atomic E-state index is -0.229. The van der Waals surface area contributed by atoms with Gasteiger partial charge in [0.1, 0.15) is 5.01 Å². The number of anilines is 1. The number of benzene rings is 1. The molecule has 7 heteroatoms. The second-order valence-corrected chi connectivity index (χ2v) is 11.5. The van der Waals surface area contributed by atoms with E-state index in [2.05, 4.69) is 21.6 Å². The van der Waals surface area contributed by atoms with E-state index in [1.807, 2.05) is 23.1 Å². The summed E-state index contributed by atoms with van der Waals surface area (Å²) in [6, 6.07) is 7.91. The van der Waals surface area contributed by atoms with Crippen LogP contribution in [0.2, 0.25) is 0 Å². The molecule has 0 saturated heterocycles. The van der Waals surface area contributed by atoms with Crippen LogP contribution >= 0.6 is 11.3 Å². The summed E-state index contributed by atoms with van der Waals surface area (Å²) in [5.74, 6) is 2.47. The SMILES string of the molecule is CC(=O)N1CCc2ccccc2C1CC(=O)Nc1nnc(C23CC4CC(CC(C4)C2)C3)s1. The number of rotatable bonds is 4. The highest BCUT2D eigenvalue weighted by Crippen LogP contribution is 2.61. The summed E-state index contributed by atoms with van der Waals surface area (Å²) in [6.45, 7) is 2.24. The Bertz CT molecular complexity index is 1030. The van der Waals surface area contributed by atoms with Gasteiger partial charge < -0.3 is 10.2 Å². The Kier molecular flexibility index (Phi) is 4.86. The first-order valence-corrected chi connectivity index (χ1v) is 12.8. The average molecular weight is 451 g/mol. The van der Waals surface area contributed by atoms with Crippen LogP contribution in [-0.4, -0.2) is 33.5 Å². The van der Waals surface area contributed by atoms with Crippen molar-refractivity contribution in [3.63, 3.8) is 0 Å². The molecule has 32 heavy (non-hydrogen) atoms. The molecule has 4 saturated carbocycles. The third-order valence-electron chi connectivity index (χ3n) is 8.36. The number of fused-ring (bicyclic) bond motifs is 1. The molecule has 6 nitrogen and oxygen atoms in total. The van der Waals surface area contributed by atoms with Crippen LogP contribution in [0.4, 0.5) is 5.13 Å². The van der Waals surface area contributed by atoms with Gasteiger partial charge in [-0.1, -0.05) is 35.6 Å². The van der Waals surface area contributed by atoms with Gasteiger partial charge in [0.15, 0.2) is 0 Å². The number of hydrogen-bond donors (Lipinski definition) is 1. The van der Waals surface area contributed by atoms with Crippen LogP contribution in [0, 0.1) is 17.8 Å². The highest BCUT2D eigenvalue weighted by atomic mass is 32.1. The molecule has 0 spiro atoms. The third kappa shape index (κ3) is 3.45. The van der Waals surface area contributed by atoms with Crippen LogP contribution < -0.4 is 5.32 Å². The standard InChI is InChI=1S/C25H30N4O2S/c1-15(30)29-7-6-19-4-2-3-5-20(19)21(29)11-22(31)26-24-28-27-23(32-24)25-12-16-8-17(13-25)10-18(9-16)14-25/h2-5,16-18,21H,6-14H2,1H3,(H,26,28,31). The maximum atomic E-state index is 13.0. The van der Waals surface area contributed by atoms with Gasteiger partial charge in [-0.15, -0.1) is 10.2 Å². The first-order valence-electron chi connectivity index (χ1n) is 12.0. The molecule has 4 aliphatic carbocycles. The van der Waals surface area contributed by atoms with E-state index < -0.39 is 0 Å². The number of carbonyl (C=O) groups excluding carboxylic acids is 2. The molecule has 2 aromatic rings. The van der Waals surface area contributed by atoms with Crippen molar-refractivity contribution in [2.24, 2.45) is 17.8 Å². The van der Waals surface area contributed by atoms with E-state index in [0.717, 1.165) is 34.7 Å². The van der Waals surface area contributed by atoms with Gasteiger partial charge in [-0.25, -0.2) is 0 Å². The molecular formula is C25H30N4O2S. The molecule has 2 amide bonds. The van der Waals surface area contributed by atoms with Crippen LogP contribution in [0.15, 0.2) is 24.3 Å². The Morgan fingerprint density at radius 1 is 1.09 bits per heavy atom. The molecule has 7 rings (SSSR count). The van der Waals surface area contributed by atoms with Crippen molar-refractivity contribution in [2.45, 2.75) is 69.7 Å². The van der Waals surface area contributed by atoms with E-state index in [9.17, 15) is 9.59 Å². The minimum absolute atomic E-state index is 0.0114. The minimum Gasteiger partial charge on any atom is -0.335 e. The second kappa shape index (κ2) is 7.65. The molecule has 1 aliphatic heterocycles. The predicted molar refractivity (Wildman–Crippen MR) is 123 cm³/mol. The van der Waals surface area contributed by atoms with Gasteiger partial charge in [0.05, 0.1) is 12.5 Å². The van der Waals surface area contributed by atoms with Crippen molar-refractivity contribution in [2.75, 3.05) is 11.9 Å². The summed E-state index contributed by atoms with van der Waals surface area (Å²) in [5, 5.41) is 13.7. The zero-order valence-corrected chi connectivity index (χ0v) is 19.4. The highest BCUT2D eigenvalue weighted by Gasteiger charge is 2.53. The van der Waals surface area contributed by atoms with Crippen molar-refractivity contribution in [3.05, 3.63) is 40.4 Å². The van der Waals surface area contributed by atoms with E-state index in [4.69, 9.17) is 0 Å². The Hall–Kier alpha value is -2.28. The lowest BCUT2D eigenvalue weighted by atomic mass is 9.50. The molecule has 4 fully saturated rings. The normalized spacial score (nSPS) is 32.6. The van der Waals surface area contributed by atoms with Gasteiger partial charge in [0, 0.05) is 18.9 Å². The van der Waals surface area contributed by atoms with E-state index in [-0.39, 0.29) is 29.7 Å². The Labute approximate surface area is 192 Å². The molecular weight excluding hydrogens is 420 g/mol. The van der Waals surface area contributed by atoms with Gasteiger partial charge in [-0.2, -0.15) is 0 Å². The third-order valence-corrected chi connectivity index (χ3v) is 9.44. The van der Waals surface area contributed by atoms with Crippen LogP contribution in [-0.2, 0) is 21.4 Å². The number of carbonyl (C=O) groups is 2. The number of hydrogen-bond acceptors (Lipinski definition) is 5. The average Bonchev–Trinajstić information content (AvgIpc) is 3.22. The molecule has 0 radical (unpaired) electrons. The summed E-state index contributed by atoms with van der Waals surface area (Å²) >= 11 is 1.57. The smallest absolute Gasteiger partial charge is 0.228 e.